The van der Waals surface area contributed by atoms with Crippen LogP contribution in [-0.4, -0.2) is 29.0 Å². The normalized spacial score (nSPS) is 11.8. The molecule has 0 rings (SSSR count). The van der Waals surface area contributed by atoms with E-state index < -0.39 is 0 Å². The van der Waals surface area contributed by atoms with Gasteiger partial charge in [0, 0.05) is 18.8 Å². The fraction of sp³-hybridized carbons (Fsp3) is 0.875. The monoisotopic (exact) mass is 189 g/mol. The maximum Gasteiger partial charge on any atom is 0.178 e. The highest BCUT2D eigenvalue weighted by atomic mass is 32.2. The second kappa shape index (κ2) is 7.28. The summed E-state index contributed by atoms with van der Waals surface area (Å²) in [4.78, 5) is 0. The van der Waals surface area contributed by atoms with E-state index in [0.717, 1.165) is 25.3 Å². The van der Waals surface area contributed by atoms with Gasteiger partial charge in [-0.15, -0.1) is 0 Å². The quantitative estimate of drug-likeness (QED) is 0.406. The van der Waals surface area contributed by atoms with E-state index in [1.54, 1.807) is 11.8 Å². The van der Waals surface area contributed by atoms with Gasteiger partial charge in [-0.2, -0.15) is 5.10 Å². The van der Waals surface area contributed by atoms with Crippen LogP contribution < -0.4 is 5.73 Å². The summed E-state index contributed by atoms with van der Waals surface area (Å²) >= 11 is 1.62. The van der Waals surface area contributed by atoms with Gasteiger partial charge >= 0.3 is 0 Å². The molecule has 0 saturated heterocycles. The minimum absolute atomic E-state index is 0.681. The van der Waals surface area contributed by atoms with E-state index in [1.807, 2.05) is 5.01 Å². The third-order valence-corrected chi connectivity index (χ3v) is 2.41. The SMILES string of the molecule is CCCSC(N)=NN(CC)CC. The Balaban J connectivity index is 3.77. The molecule has 3 nitrogen and oxygen atoms in total. The Morgan fingerprint density at radius 3 is 2.33 bits per heavy atom. The first-order chi connectivity index (χ1) is 5.74. The molecule has 0 radical (unpaired) electrons. The van der Waals surface area contributed by atoms with Crippen molar-refractivity contribution in [3.05, 3.63) is 0 Å². The number of nitrogens with two attached hydrogens (primary N) is 1. The number of nitrogens with zero attached hydrogens (tertiary/aromatic N) is 2. The number of amidine groups is 1. The standard InChI is InChI=1S/C8H19N3S/c1-4-7-12-8(9)10-11(5-2)6-3/h4-7H2,1-3H3,(H2,9,10). The third-order valence-electron chi connectivity index (χ3n) is 1.42. The largest absolute Gasteiger partial charge is 0.377 e. The highest BCUT2D eigenvalue weighted by Gasteiger charge is 1.96. The van der Waals surface area contributed by atoms with Crippen molar-refractivity contribution in [3.63, 3.8) is 0 Å². The van der Waals surface area contributed by atoms with Gasteiger partial charge in [0.25, 0.3) is 0 Å². The lowest BCUT2D eigenvalue weighted by Gasteiger charge is -2.14. The molecule has 0 aliphatic rings. The minimum Gasteiger partial charge on any atom is -0.377 e. The summed E-state index contributed by atoms with van der Waals surface area (Å²) in [6, 6.07) is 0. The molecule has 0 amide bonds. The maximum absolute atomic E-state index is 5.68. The molecular formula is C8H19N3S. The molecule has 0 aliphatic carbocycles. The van der Waals surface area contributed by atoms with E-state index in [1.165, 1.54) is 0 Å². The Kier molecular flexibility index (Phi) is 7.05. The molecule has 0 spiro atoms. The van der Waals surface area contributed by atoms with Gasteiger partial charge in [-0.1, -0.05) is 18.7 Å². The van der Waals surface area contributed by atoms with Crippen LogP contribution in [0, 0.1) is 0 Å². The molecule has 0 aliphatic heterocycles. The molecule has 0 aromatic carbocycles. The van der Waals surface area contributed by atoms with Gasteiger partial charge in [0.05, 0.1) is 0 Å². The van der Waals surface area contributed by atoms with Crippen molar-refractivity contribution in [2.45, 2.75) is 27.2 Å². The van der Waals surface area contributed by atoms with Gasteiger partial charge in [-0.05, 0) is 20.3 Å². The van der Waals surface area contributed by atoms with Crippen molar-refractivity contribution in [2.24, 2.45) is 10.8 Å². The molecule has 2 N–H and O–H groups in total. The predicted molar refractivity (Wildman–Crippen MR) is 57.3 cm³/mol. The van der Waals surface area contributed by atoms with E-state index in [2.05, 4.69) is 25.9 Å². The Morgan fingerprint density at radius 1 is 1.33 bits per heavy atom. The van der Waals surface area contributed by atoms with Crippen molar-refractivity contribution in [3.8, 4) is 0 Å². The van der Waals surface area contributed by atoms with E-state index in [9.17, 15) is 0 Å². The van der Waals surface area contributed by atoms with Gasteiger partial charge in [-0.3, -0.25) is 5.01 Å². The second-order valence-electron chi connectivity index (χ2n) is 2.43. The number of rotatable bonds is 5. The minimum atomic E-state index is 0.681. The summed E-state index contributed by atoms with van der Waals surface area (Å²) in [5.74, 6) is 1.05. The van der Waals surface area contributed by atoms with Crippen LogP contribution in [0.25, 0.3) is 0 Å². The van der Waals surface area contributed by atoms with Crippen LogP contribution in [0.3, 0.4) is 0 Å². The molecular weight excluding hydrogens is 170 g/mol. The average Bonchev–Trinajstić information content (AvgIpc) is 2.10. The zero-order chi connectivity index (χ0) is 9.40. The Labute approximate surface area is 79.4 Å². The summed E-state index contributed by atoms with van der Waals surface area (Å²) in [6.45, 7) is 8.13. The average molecular weight is 189 g/mol. The fourth-order valence-electron chi connectivity index (χ4n) is 0.740. The molecule has 0 bridgehead atoms. The number of hydrazone groups is 1. The molecule has 0 unspecified atom stereocenters. The molecule has 4 heteroatoms. The molecule has 0 atom stereocenters. The van der Waals surface area contributed by atoms with Crippen LogP contribution in [-0.2, 0) is 0 Å². The van der Waals surface area contributed by atoms with Crippen molar-refractivity contribution >= 4 is 16.9 Å². The highest BCUT2D eigenvalue weighted by Crippen LogP contribution is 2.02. The van der Waals surface area contributed by atoms with Crippen LogP contribution in [0.1, 0.15) is 27.2 Å². The lowest BCUT2D eigenvalue weighted by Crippen LogP contribution is -2.21. The third kappa shape index (κ3) is 5.29. The van der Waals surface area contributed by atoms with Gasteiger partial charge in [0.15, 0.2) is 5.17 Å². The van der Waals surface area contributed by atoms with E-state index in [-0.39, 0.29) is 0 Å². The summed E-state index contributed by atoms with van der Waals surface area (Å²) in [5.41, 5.74) is 5.68. The fourth-order valence-corrected chi connectivity index (χ4v) is 1.33. The highest BCUT2D eigenvalue weighted by molar-refractivity contribution is 8.13. The summed E-state index contributed by atoms with van der Waals surface area (Å²) < 4.78 is 0. The molecule has 0 aromatic heterocycles. The summed E-state index contributed by atoms with van der Waals surface area (Å²) in [5, 5.41) is 6.88. The summed E-state index contributed by atoms with van der Waals surface area (Å²) in [7, 11) is 0. The lowest BCUT2D eigenvalue weighted by atomic mass is 10.6. The summed E-state index contributed by atoms with van der Waals surface area (Å²) in [6.07, 6.45) is 1.14. The zero-order valence-electron chi connectivity index (χ0n) is 8.21. The van der Waals surface area contributed by atoms with Crippen molar-refractivity contribution in [1.29, 1.82) is 0 Å². The molecule has 72 valence electrons. The van der Waals surface area contributed by atoms with Crippen molar-refractivity contribution < 1.29 is 0 Å². The van der Waals surface area contributed by atoms with Crippen molar-refractivity contribution in [1.82, 2.24) is 5.01 Å². The van der Waals surface area contributed by atoms with Gasteiger partial charge in [0.1, 0.15) is 0 Å². The van der Waals surface area contributed by atoms with Crippen molar-refractivity contribution in [2.75, 3.05) is 18.8 Å². The smallest absolute Gasteiger partial charge is 0.178 e. The second-order valence-corrected chi connectivity index (χ2v) is 3.54. The molecule has 0 aromatic rings. The predicted octanol–water partition coefficient (Wildman–Crippen LogP) is 1.70. The van der Waals surface area contributed by atoms with E-state index in [0.29, 0.717) is 5.17 Å². The van der Waals surface area contributed by atoms with Crippen LogP contribution in [0.2, 0.25) is 0 Å². The molecule has 0 saturated carbocycles. The lowest BCUT2D eigenvalue weighted by molar-refractivity contribution is 0.322. The van der Waals surface area contributed by atoms with E-state index >= 15 is 0 Å². The van der Waals surface area contributed by atoms with Crippen LogP contribution >= 0.6 is 11.8 Å². The molecule has 12 heavy (non-hydrogen) atoms. The first-order valence-corrected chi connectivity index (χ1v) is 5.44. The number of hydrogen-bond donors (Lipinski definition) is 1. The number of hydrogen-bond acceptors (Lipinski definition) is 3. The van der Waals surface area contributed by atoms with E-state index in [4.69, 9.17) is 5.73 Å². The topological polar surface area (TPSA) is 41.6 Å². The zero-order valence-corrected chi connectivity index (χ0v) is 9.02. The van der Waals surface area contributed by atoms with Gasteiger partial charge in [-0.25, -0.2) is 0 Å². The molecule has 0 fully saturated rings. The Morgan fingerprint density at radius 2 is 1.92 bits per heavy atom. The van der Waals surface area contributed by atoms with Crippen LogP contribution in [0.4, 0.5) is 0 Å². The molecule has 0 heterocycles. The van der Waals surface area contributed by atoms with Gasteiger partial charge in [0.2, 0.25) is 0 Å². The first-order valence-electron chi connectivity index (χ1n) is 4.46. The van der Waals surface area contributed by atoms with Crippen LogP contribution in [0.15, 0.2) is 5.10 Å². The van der Waals surface area contributed by atoms with Gasteiger partial charge < -0.3 is 5.73 Å². The number of thioether (sulfide) groups is 1. The first kappa shape index (κ1) is 11.6. The Bertz CT molecular complexity index is 132. The Hall–Kier alpha value is -0.380. The van der Waals surface area contributed by atoms with Crippen LogP contribution in [0.5, 0.6) is 0 Å². The maximum atomic E-state index is 5.68.